The van der Waals surface area contributed by atoms with Gasteiger partial charge in [-0.05, 0) is 20.8 Å². The molecule has 0 heterocycles. The molecule has 0 aromatic rings. The Bertz CT molecular complexity index is 299. The number of amides is 1. The van der Waals surface area contributed by atoms with Crippen LogP contribution in [0.4, 0.5) is 4.79 Å². The standard InChI is InChI=1S/C13H21NO3/c1-6-8-11(15)10-14(9-7-2)12(16)17-13(3,4)5/h1,7,11,15H,2,8-10H2,3-5H3. The molecule has 0 rings (SSSR count). The van der Waals surface area contributed by atoms with Crippen molar-refractivity contribution in [2.75, 3.05) is 13.1 Å². The molecule has 96 valence electrons. The minimum Gasteiger partial charge on any atom is -0.444 e. The lowest BCUT2D eigenvalue weighted by molar-refractivity contribution is 0.0177. The molecule has 0 saturated heterocycles. The summed E-state index contributed by atoms with van der Waals surface area (Å²) in [6.07, 6.45) is 5.65. The van der Waals surface area contributed by atoms with Crippen molar-refractivity contribution < 1.29 is 14.6 Å². The summed E-state index contributed by atoms with van der Waals surface area (Å²) in [7, 11) is 0. The van der Waals surface area contributed by atoms with Crippen LogP contribution in [0.25, 0.3) is 0 Å². The minimum atomic E-state index is -0.743. The predicted molar refractivity (Wildman–Crippen MR) is 67.5 cm³/mol. The fraction of sp³-hybridized carbons (Fsp3) is 0.615. The highest BCUT2D eigenvalue weighted by atomic mass is 16.6. The van der Waals surface area contributed by atoms with E-state index in [-0.39, 0.29) is 13.0 Å². The Kier molecular flexibility index (Phi) is 6.37. The van der Waals surface area contributed by atoms with Gasteiger partial charge in [-0.2, -0.15) is 0 Å². The van der Waals surface area contributed by atoms with Crippen molar-refractivity contribution in [2.45, 2.75) is 38.9 Å². The molecule has 0 aliphatic heterocycles. The lowest BCUT2D eigenvalue weighted by Gasteiger charge is -2.27. The van der Waals surface area contributed by atoms with Crippen molar-refractivity contribution in [3.8, 4) is 12.3 Å². The second kappa shape index (κ2) is 6.97. The number of aliphatic hydroxyl groups is 1. The molecule has 0 aromatic heterocycles. The summed E-state index contributed by atoms with van der Waals surface area (Å²) in [5.74, 6) is 2.35. The Labute approximate surface area is 103 Å². The van der Waals surface area contributed by atoms with Gasteiger partial charge in [-0.15, -0.1) is 18.9 Å². The maximum atomic E-state index is 11.8. The fourth-order valence-corrected chi connectivity index (χ4v) is 1.16. The van der Waals surface area contributed by atoms with Crippen LogP contribution in [-0.4, -0.2) is 40.9 Å². The van der Waals surface area contributed by atoms with Gasteiger partial charge < -0.3 is 14.7 Å². The van der Waals surface area contributed by atoms with Gasteiger partial charge in [-0.3, -0.25) is 0 Å². The third-order valence-corrected chi connectivity index (χ3v) is 1.79. The molecule has 1 amide bonds. The Hall–Kier alpha value is -1.47. The molecule has 1 unspecified atom stereocenters. The highest BCUT2D eigenvalue weighted by molar-refractivity contribution is 5.68. The van der Waals surface area contributed by atoms with Crippen molar-refractivity contribution in [1.82, 2.24) is 4.90 Å². The zero-order valence-electron chi connectivity index (χ0n) is 10.8. The van der Waals surface area contributed by atoms with E-state index in [2.05, 4.69) is 12.5 Å². The molecule has 0 aromatic carbocycles. The van der Waals surface area contributed by atoms with E-state index in [9.17, 15) is 9.90 Å². The zero-order chi connectivity index (χ0) is 13.5. The molecule has 0 bridgehead atoms. The number of rotatable bonds is 5. The van der Waals surface area contributed by atoms with Crippen LogP contribution in [0.3, 0.4) is 0 Å². The number of ether oxygens (including phenoxy) is 1. The third kappa shape index (κ3) is 7.42. The maximum Gasteiger partial charge on any atom is 0.410 e. The third-order valence-electron chi connectivity index (χ3n) is 1.79. The summed E-state index contributed by atoms with van der Waals surface area (Å²) in [6, 6.07) is 0. The summed E-state index contributed by atoms with van der Waals surface area (Å²) < 4.78 is 5.21. The molecule has 0 spiro atoms. The highest BCUT2D eigenvalue weighted by Gasteiger charge is 2.22. The van der Waals surface area contributed by atoms with Gasteiger partial charge in [-0.1, -0.05) is 6.08 Å². The molecule has 1 N–H and O–H groups in total. The van der Waals surface area contributed by atoms with E-state index < -0.39 is 17.8 Å². The van der Waals surface area contributed by atoms with Gasteiger partial charge in [0.2, 0.25) is 0 Å². The first-order valence-electron chi connectivity index (χ1n) is 5.50. The summed E-state index contributed by atoms with van der Waals surface area (Å²) in [6.45, 7) is 9.38. The first kappa shape index (κ1) is 15.5. The maximum absolute atomic E-state index is 11.8. The molecule has 0 radical (unpaired) electrons. The number of hydrogen-bond donors (Lipinski definition) is 1. The molecule has 0 aliphatic rings. The van der Waals surface area contributed by atoms with Gasteiger partial charge in [0.25, 0.3) is 0 Å². The van der Waals surface area contributed by atoms with Crippen molar-refractivity contribution in [2.24, 2.45) is 0 Å². The lowest BCUT2D eigenvalue weighted by Crippen LogP contribution is -2.41. The van der Waals surface area contributed by atoms with E-state index >= 15 is 0 Å². The second-order valence-corrected chi connectivity index (χ2v) is 4.74. The van der Waals surface area contributed by atoms with Gasteiger partial charge in [0.1, 0.15) is 5.60 Å². The Morgan fingerprint density at radius 1 is 1.65 bits per heavy atom. The minimum absolute atomic E-state index is 0.144. The smallest absolute Gasteiger partial charge is 0.410 e. The number of terminal acetylenes is 1. The highest BCUT2D eigenvalue weighted by Crippen LogP contribution is 2.10. The Morgan fingerprint density at radius 3 is 2.65 bits per heavy atom. The van der Waals surface area contributed by atoms with Gasteiger partial charge in [0.15, 0.2) is 0 Å². The summed E-state index contributed by atoms with van der Waals surface area (Å²) in [4.78, 5) is 13.2. The molecule has 4 nitrogen and oxygen atoms in total. The van der Waals surface area contributed by atoms with Gasteiger partial charge >= 0.3 is 6.09 Å². The number of hydrogen-bond acceptors (Lipinski definition) is 3. The number of carbonyl (C=O) groups excluding carboxylic acids is 1. The van der Waals surface area contributed by atoms with Crippen molar-refractivity contribution in [3.63, 3.8) is 0 Å². The van der Waals surface area contributed by atoms with E-state index in [4.69, 9.17) is 11.2 Å². The average molecular weight is 239 g/mol. The monoisotopic (exact) mass is 239 g/mol. The molecule has 0 fully saturated rings. The first-order valence-corrected chi connectivity index (χ1v) is 5.50. The zero-order valence-corrected chi connectivity index (χ0v) is 10.8. The van der Waals surface area contributed by atoms with Gasteiger partial charge in [0.05, 0.1) is 12.6 Å². The van der Waals surface area contributed by atoms with E-state index in [0.29, 0.717) is 6.54 Å². The van der Waals surface area contributed by atoms with Crippen molar-refractivity contribution >= 4 is 6.09 Å². The molecule has 1 atom stereocenters. The SMILES string of the molecule is C#CCC(O)CN(CC=C)C(=O)OC(C)(C)C. The van der Waals surface area contributed by atoms with Crippen LogP contribution >= 0.6 is 0 Å². The Balaban J connectivity index is 4.46. The lowest BCUT2D eigenvalue weighted by atomic mass is 10.2. The van der Waals surface area contributed by atoms with Crippen LogP contribution in [0.15, 0.2) is 12.7 Å². The summed E-state index contributed by atoms with van der Waals surface area (Å²) >= 11 is 0. The molecule has 0 saturated carbocycles. The van der Waals surface area contributed by atoms with Gasteiger partial charge in [0, 0.05) is 13.0 Å². The van der Waals surface area contributed by atoms with Crippen LogP contribution in [-0.2, 0) is 4.74 Å². The molecule has 17 heavy (non-hydrogen) atoms. The average Bonchev–Trinajstić information content (AvgIpc) is 2.14. The van der Waals surface area contributed by atoms with E-state index in [0.717, 1.165) is 0 Å². The molecular weight excluding hydrogens is 218 g/mol. The quantitative estimate of drug-likeness (QED) is 0.588. The number of carbonyl (C=O) groups is 1. The van der Waals surface area contributed by atoms with E-state index in [1.807, 2.05) is 0 Å². The second-order valence-electron chi connectivity index (χ2n) is 4.74. The fourth-order valence-electron chi connectivity index (χ4n) is 1.16. The van der Waals surface area contributed by atoms with Crippen LogP contribution < -0.4 is 0 Å². The van der Waals surface area contributed by atoms with Crippen LogP contribution in [0.1, 0.15) is 27.2 Å². The summed E-state index contributed by atoms with van der Waals surface area (Å²) in [5.41, 5.74) is -0.562. The molecular formula is C13H21NO3. The topological polar surface area (TPSA) is 49.8 Å². The molecule has 4 heteroatoms. The van der Waals surface area contributed by atoms with E-state index in [1.54, 1.807) is 26.8 Å². The summed E-state index contributed by atoms with van der Waals surface area (Å²) in [5, 5.41) is 9.57. The van der Waals surface area contributed by atoms with Crippen LogP contribution in [0, 0.1) is 12.3 Å². The van der Waals surface area contributed by atoms with E-state index in [1.165, 1.54) is 4.90 Å². The van der Waals surface area contributed by atoms with Crippen molar-refractivity contribution in [3.05, 3.63) is 12.7 Å². The normalized spacial score (nSPS) is 12.4. The predicted octanol–water partition coefficient (Wildman–Crippen LogP) is 1.79. The Morgan fingerprint density at radius 2 is 2.24 bits per heavy atom. The van der Waals surface area contributed by atoms with Gasteiger partial charge in [-0.25, -0.2) is 4.79 Å². The largest absolute Gasteiger partial charge is 0.444 e. The van der Waals surface area contributed by atoms with Crippen molar-refractivity contribution in [1.29, 1.82) is 0 Å². The van der Waals surface area contributed by atoms with Crippen LogP contribution in [0.5, 0.6) is 0 Å². The number of nitrogens with zero attached hydrogens (tertiary/aromatic N) is 1. The number of aliphatic hydroxyl groups excluding tert-OH is 1. The molecule has 0 aliphatic carbocycles. The first-order chi connectivity index (χ1) is 7.80. The van der Waals surface area contributed by atoms with Crippen LogP contribution in [0.2, 0.25) is 0 Å².